The minimum absolute atomic E-state index is 0.0986. The van der Waals surface area contributed by atoms with E-state index in [0.29, 0.717) is 6.54 Å². The van der Waals surface area contributed by atoms with Crippen LogP contribution in [0.15, 0.2) is 107 Å². The fourth-order valence-electron chi connectivity index (χ4n) is 3.70. The molecule has 4 heteroatoms. The number of fused-ring (bicyclic) bond motifs is 1. The molecule has 2 N–H and O–H groups in total. The quantitative estimate of drug-likeness (QED) is 0.436. The highest BCUT2D eigenvalue weighted by molar-refractivity contribution is 8.03. The lowest BCUT2D eigenvalue weighted by molar-refractivity contribution is 0.311. The van der Waals surface area contributed by atoms with E-state index in [1.54, 1.807) is 11.8 Å². The maximum absolute atomic E-state index is 9.14. The molecule has 0 bridgehead atoms. The molecule has 0 amide bonds. The number of allylic oxidation sites excluding steroid dienone is 3. The molecular weight excluding hydrogens is 400 g/mol. The molecule has 0 unspecified atom stereocenters. The van der Waals surface area contributed by atoms with Gasteiger partial charge in [0.2, 0.25) is 0 Å². The number of anilines is 2. The largest absolute Gasteiger partial charge is 0.395 e. The predicted molar refractivity (Wildman–Crippen MR) is 134 cm³/mol. The Morgan fingerprint density at radius 1 is 1.00 bits per heavy atom. The number of rotatable bonds is 7. The fraction of sp³-hybridized carbons (Fsp3) is 0.111. The van der Waals surface area contributed by atoms with Crippen LogP contribution in [0.2, 0.25) is 0 Å². The first-order chi connectivity index (χ1) is 15.2. The van der Waals surface area contributed by atoms with Crippen molar-refractivity contribution >= 4 is 34.4 Å². The Morgan fingerprint density at radius 2 is 1.71 bits per heavy atom. The van der Waals surface area contributed by atoms with Gasteiger partial charge in [-0.25, -0.2) is 0 Å². The average Bonchev–Trinajstić information content (AvgIpc) is 2.81. The number of aliphatic hydroxyl groups excluding tert-OH is 1. The van der Waals surface area contributed by atoms with Gasteiger partial charge in [-0.2, -0.15) is 0 Å². The second-order valence-electron chi connectivity index (χ2n) is 7.29. The van der Waals surface area contributed by atoms with Gasteiger partial charge in [0, 0.05) is 46.0 Å². The molecule has 3 aromatic carbocycles. The lowest BCUT2D eigenvalue weighted by Crippen LogP contribution is -2.20. The third kappa shape index (κ3) is 4.76. The van der Waals surface area contributed by atoms with E-state index in [2.05, 4.69) is 90.6 Å². The Hall–Kier alpha value is -3.21. The Bertz CT molecular complexity index is 1130. The van der Waals surface area contributed by atoms with Crippen molar-refractivity contribution in [3.05, 3.63) is 114 Å². The van der Waals surface area contributed by atoms with Crippen molar-refractivity contribution in [2.75, 3.05) is 30.4 Å². The van der Waals surface area contributed by atoms with Gasteiger partial charge in [0.1, 0.15) is 0 Å². The van der Waals surface area contributed by atoms with Gasteiger partial charge in [0.15, 0.2) is 0 Å². The number of hydrogen-bond donors (Lipinski definition) is 2. The van der Waals surface area contributed by atoms with Gasteiger partial charge < -0.3 is 15.3 Å². The minimum atomic E-state index is 0.0986. The van der Waals surface area contributed by atoms with Gasteiger partial charge in [-0.1, -0.05) is 79.0 Å². The fourth-order valence-corrected chi connectivity index (χ4v) is 4.57. The summed E-state index contributed by atoms with van der Waals surface area (Å²) in [6.07, 6.45) is 4.39. The van der Waals surface area contributed by atoms with E-state index in [-0.39, 0.29) is 6.61 Å². The predicted octanol–water partition coefficient (Wildman–Crippen LogP) is 6.27. The van der Waals surface area contributed by atoms with Crippen LogP contribution < -0.4 is 10.2 Å². The first kappa shape index (κ1) is 21.0. The summed E-state index contributed by atoms with van der Waals surface area (Å²) in [6.45, 7) is 4.94. The second kappa shape index (κ2) is 9.73. The summed E-state index contributed by atoms with van der Waals surface area (Å²) >= 11 is 1.63. The summed E-state index contributed by atoms with van der Waals surface area (Å²) in [4.78, 5) is 4.29. The molecule has 1 heterocycles. The summed E-state index contributed by atoms with van der Waals surface area (Å²) in [6, 6.07) is 27.0. The molecule has 0 atom stereocenters. The normalized spacial score (nSPS) is 14.2. The molecule has 0 radical (unpaired) electrons. The number of nitrogens with zero attached hydrogens (tertiary/aromatic N) is 1. The Balaban J connectivity index is 1.68. The van der Waals surface area contributed by atoms with Crippen LogP contribution in [-0.4, -0.2) is 25.3 Å². The number of thioether (sulfide) groups is 1. The molecule has 3 aromatic rings. The summed E-state index contributed by atoms with van der Waals surface area (Å²) in [5, 5.41) is 12.4. The number of hydrogen-bond acceptors (Lipinski definition) is 4. The Labute approximate surface area is 188 Å². The molecule has 0 aliphatic carbocycles. The highest BCUT2D eigenvalue weighted by Crippen LogP contribution is 2.41. The van der Waals surface area contributed by atoms with Gasteiger partial charge in [-0.05, 0) is 41.5 Å². The van der Waals surface area contributed by atoms with Crippen molar-refractivity contribution in [3.63, 3.8) is 0 Å². The standard InChI is InChI=1S/C27H26N2OS/c1-20(31-27-15-9-7-13-24(27)28-16-17-30)18-22-19-26(21-10-4-3-5-11-21)29(2)25-14-8-6-12-23(22)25/h3-15,18-19,28,30H,1,16-17H2,2H3/b22-18+. The first-order valence-corrected chi connectivity index (χ1v) is 11.1. The minimum Gasteiger partial charge on any atom is -0.395 e. The third-order valence-corrected chi connectivity index (χ3v) is 6.13. The number of aliphatic hydroxyl groups is 1. The van der Waals surface area contributed by atoms with Crippen LogP contribution in [0.4, 0.5) is 11.4 Å². The molecule has 0 fully saturated rings. The van der Waals surface area contributed by atoms with Crippen molar-refractivity contribution in [1.82, 2.24) is 0 Å². The highest BCUT2D eigenvalue weighted by Gasteiger charge is 2.20. The van der Waals surface area contributed by atoms with Gasteiger partial charge in [-0.3, -0.25) is 0 Å². The van der Waals surface area contributed by atoms with Crippen molar-refractivity contribution in [2.45, 2.75) is 4.90 Å². The molecule has 0 spiro atoms. The van der Waals surface area contributed by atoms with Crippen LogP contribution in [0.5, 0.6) is 0 Å². The lowest BCUT2D eigenvalue weighted by atomic mass is 9.95. The smallest absolute Gasteiger partial charge is 0.0604 e. The average molecular weight is 427 g/mol. The van der Waals surface area contributed by atoms with E-state index in [9.17, 15) is 0 Å². The molecule has 0 aromatic heterocycles. The number of benzene rings is 3. The van der Waals surface area contributed by atoms with E-state index in [1.165, 1.54) is 16.8 Å². The first-order valence-electron chi connectivity index (χ1n) is 10.3. The van der Waals surface area contributed by atoms with Crippen LogP contribution in [-0.2, 0) is 0 Å². The molecule has 0 saturated carbocycles. The van der Waals surface area contributed by atoms with Gasteiger partial charge in [-0.15, -0.1) is 0 Å². The topological polar surface area (TPSA) is 35.5 Å². The van der Waals surface area contributed by atoms with Crippen molar-refractivity contribution in [2.24, 2.45) is 0 Å². The number of para-hydroxylation sites is 2. The number of nitrogens with one attached hydrogen (secondary N) is 1. The van der Waals surface area contributed by atoms with Crippen LogP contribution >= 0.6 is 11.8 Å². The summed E-state index contributed by atoms with van der Waals surface area (Å²) in [5.41, 5.74) is 6.86. The third-order valence-electron chi connectivity index (χ3n) is 5.17. The summed E-state index contributed by atoms with van der Waals surface area (Å²) in [7, 11) is 2.11. The van der Waals surface area contributed by atoms with Crippen LogP contribution in [0, 0.1) is 0 Å². The molecule has 156 valence electrons. The lowest BCUT2D eigenvalue weighted by Gasteiger charge is -2.30. The molecule has 31 heavy (non-hydrogen) atoms. The maximum Gasteiger partial charge on any atom is 0.0604 e. The second-order valence-corrected chi connectivity index (χ2v) is 8.45. The van der Waals surface area contributed by atoms with Gasteiger partial charge in [0.05, 0.1) is 6.61 Å². The summed E-state index contributed by atoms with van der Waals surface area (Å²) < 4.78 is 0. The van der Waals surface area contributed by atoms with Crippen molar-refractivity contribution in [3.8, 4) is 0 Å². The zero-order chi connectivity index (χ0) is 21.6. The van der Waals surface area contributed by atoms with Crippen molar-refractivity contribution in [1.29, 1.82) is 0 Å². The van der Waals surface area contributed by atoms with E-state index in [4.69, 9.17) is 5.11 Å². The zero-order valence-electron chi connectivity index (χ0n) is 17.6. The van der Waals surface area contributed by atoms with E-state index < -0.39 is 0 Å². The van der Waals surface area contributed by atoms with E-state index in [1.807, 2.05) is 24.3 Å². The molecule has 1 aliphatic heterocycles. The van der Waals surface area contributed by atoms with Crippen LogP contribution in [0.1, 0.15) is 11.1 Å². The molecule has 0 saturated heterocycles. The zero-order valence-corrected chi connectivity index (χ0v) is 18.4. The van der Waals surface area contributed by atoms with E-state index >= 15 is 0 Å². The summed E-state index contributed by atoms with van der Waals surface area (Å²) in [5.74, 6) is 0. The van der Waals surface area contributed by atoms with Crippen LogP contribution in [0.25, 0.3) is 11.3 Å². The van der Waals surface area contributed by atoms with Crippen molar-refractivity contribution < 1.29 is 5.11 Å². The van der Waals surface area contributed by atoms with Crippen LogP contribution in [0.3, 0.4) is 0 Å². The highest BCUT2D eigenvalue weighted by atomic mass is 32.2. The SMILES string of the molecule is C=C(/C=C1\C=C(c2ccccc2)N(C)c2ccccc21)Sc1ccccc1NCCO. The van der Waals surface area contributed by atoms with E-state index in [0.717, 1.165) is 26.8 Å². The maximum atomic E-state index is 9.14. The van der Waals surface area contributed by atoms with Gasteiger partial charge in [0.25, 0.3) is 0 Å². The molecular formula is C27H26N2OS. The molecule has 3 nitrogen and oxygen atoms in total. The molecule has 1 aliphatic rings. The van der Waals surface area contributed by atoms with Gasteiger partial charge >= 0.3 is 0 Å². The Morgan fingerprint density at radius 3 is 2.52 bits per heavy atom. The monoisotopic (exact) mass is 426 g/mol. The Kier molecular flexibility index (Phi) is 6.60. The molecule has 4 rings (SSSR count).